The van der Waals surface area contributed by atoms with Crippen LogP contribution in [-0.2, 0) is 13.3 Å². The third kappa shape index (κ3) is 26.2. The van der Waals surface area contributed by atoms with Crippen molar-refractivity contribution in [2.24, 2.45) is 0 Å². The van der Waals surface area contributed by atoms with Crippen LogP contribution in [0, 0.1) is 0 Å². The molecular formula is C6H19NO3Si. The molecule has 0 heterocycles. The summed E-state index contributed by atoms with van der Waals surface area (Å²) in [6, 6.07) is 0. The highest BCUT2D eigenvalue weighted by atomic mass is 28.3. The first kappa shape index (κ1) is 16.9. The van der Waals surface area contributed by atoms with Crippen molar-refractivity contribution < 1.29 is 13.3 Å². The van der Waals surface area contributed by atoms with Gasteiger partial charge in [-0.2, -0.15) is 0 Å². The third-order valence-electron chi connectivity index (χ3n) is 0.833. The molecule has 0 saturated heterocycles. The Morgan fingerprint density at radius 1 is 1.09 bits per heavy atom. The number of hydrogen-bond acceptors (Lipinski definition) is 4. The molecule has 0 spiro atoms. The second-order valence-corrected chi connectivity index (χ2v) is 2.97. The Labute approximate surface area is 70.4 Å². The van der Waals surface area contributed by atoms with Crippen LogP contribution in [0.15, 0.2) is 0 Å². The van der Waals surface area contributed by atoms with Gasteiger partial charge in [0.1, 0.15) is 0 Å². The molecule has 70 valence electrons. The maximum absolute atomic E-state index is 9.92. The van der Waals surface area contributed by atoms with Crippen LogP contribution in [0.4, 0.5) is 0 Å². The molecule has 0 unspecified atom stereocenters. The molecular weight excluding hydrogens is 162 g/mol. The third-order valence-corrected chi connectivity index (χ3v) is 1.50. The monoisotopic (exact) mass is 181 g/mol. The zero-order valence-corrected chi connectivity index (χ0v) is 8.85. The van der Waals surface area contributed by atoms with E-state index in [2.05, 4.69) is 22.7 Å². The largest absolute Gasteiger partial charge is 0.766 e. The van der Waals surface area contributed by atoms with E-state index in [1.807, 2.05) is 0 Å². The molecule has 0 amide bonds. The lowest BCUT2D eigenvalue weighted by Crippen LogP contribution is -2.04. The number of hydrogen-bond donors (Lipinski definition) is 1. The highest BCUT2D eigenvalue weighted by Crippen LogP contribution is 1.76. The van der Waals surface area contributed by atoms with Crippen LogP contribution in [0.3, 0.4) is 0 Å². The van der Waals surface area contributed by atoms with E-state index in [1.165, 1.54) is 27.1 Å². The van der Waals surface area contributed by atoms with Crippen molar-refractivity contribution in [2.75, 3.05) is 14.2 Å². The molecule has 0 rings (SSSR count). The lowest BCUT2D eigenvalue weighted by atomic mass is 10.4. The average molecular weight is 181 g/mol. The number of unbranched alkanes of at least 4 members (excludes halogenated alkanes) is 1. The van der Waals surface area contributed by atoms with Gasteiger partial charge in [-0.3, -0.25) is 4.46 Å². The van der Waals surface area contributed by atoms with Crippen molar-refractivity contribution in [3.8, 4) is 0 Å². The van der Waals surface area contributed by atoms with Gasteiger partial charge in [0.25, 0.3) is 0 Å². The predicted octanol–water partition coefficient (Wildman–Crippen LogP) is 1.66. The minimum absolute atomic E-state index is 0. The van der Waals surface area contributed by atoms with E-state index in [0.29, 0.717) is 0 Å². The molecule has 5 heteroatoms. The summed E-state index contributed by atoms with van der Waals surface area (Å²) in [5.41, 5.74) is 0. The fraction of sp³-hybridized carbons (Fsp3) is 1.00. The van der Waals surface area contributed by atoms with E-state index >= 15 is 0 Å². The van der Waals surface area contributed by atoms with Gasteiger partial charge in [0, 0.05) is 0 Å². The summed E-state index contributed by atoms with van der Waals surface area (Å²) in [7, 11) is 0.558. The van der Waals surface area contributed by atoms with Crippen molar-refractivity contribution >= 4 is 9.17 Å². The van der Waals surface area contributed by atoms with E-state index in [4.69, 9.17) is 0 Å². The smallest absolute Gasteiger partial charge is 0.499 e. The highest BCUT2D eigenvalue weighted by molar-refractivity contribution is 6.25. The lowest BCUT2D eigenvalue weighted by molar-refractivity contribution is 0.236. The molecule has 4 nitrogen and oxygen atoms in total. The molecule has 3 N–H and O–H groups in total. The Hall–Kier alpha value is -0.423. The quantitative estimate of drug-likeness (QED) is 0.672. The maximum atomic E-state index is 9.92. The Morgan fingerprint density at radius 2 is 1.36 bits per heavy atom. The lowest BCUT2D eigenvalue weighted by Gasteiger charge is -1.87. The molecule has 0 aromatic carbocycles. The molecule has 0 aromatic rings. The van der Waals surface area contributed by atoms with E-state index in [9.17, 15) is 4.46 Å². The Kier molecular flexibility index (Phi) is 25.0. The van der Waals surface area contributed by atoms with E-state index in [0.717, 1.165) is 0 Å². The van der Waals surface area contributed by atoms with Crippen molar-refractivity contribution in [2.45, 2.75) is 26.7 Å². The van der Waals surface area contributed by atoms with Crippen molar-refractivity contribution in [1.29, 1.82) is 0 Å². The minimum Gasteiger partial charge on any atom is -0.499 e. The highest BCUT2D eigenvalue weighted by Gasteiger charge is 2.00. The van der Waals surface area contributed by atoms with Crippen LogP contribution in [0.5, 0.6) is 0 Å². The van der Waals surface area contributed by atoms with Crippen LogP contribution in [0.1, 0.15) is 26.7 Å². The molecule has 11 heavy (non-hydrogen) atoms. The van der Waals surface area contributed by atoms with Crippen LogP contribution in [0.25, 0.3) is 0 Å². The topological polar surface area (TPSA) is 70.5 Å². The normalized spacial score (nSPS) is 6.55. The van der Waals surface area contributed by atoms with Crippen molar-refractivity contribution in [3.63, 3.8) is 0 Å². The molecule has 0 bridgehead atoms. The van der Waals surface area contributed by atoms with Gasteiger partial charge in [-0.25, -0.2) is 0 Å². The van der Waals surface area contributed by atoms with Gasteiger partial charge in [-0.05, 0) is 0 Å². The van der Waals surface area contributed by atoms with Crippen molar-refractivity contribution in [3.05, 3.63) is 0 Å². The summed E-state index contributed by atoms with van der Waals surface area (Å²) >= 11 is 0. The van der Waals surface area contributed by atoms with Crippen LogP contribution in [-0.4, -0.2) is 23.4 Å². The minimum atomic E-state index is -2.12. The van der Waals surface area contributed by atoms with Crippen molar-refractivity contribution in [1.82, 2.24) is 6.15 Å². The first-order valence-corrected chi connectivity index (χ1v) is 4.57. The fourth-order valence-electron chi connectivity index (χ4n) is 0.0833. The molecule has 0 aliphatic rings. The van der Waals surface area contributed by atoms with Crippen LogP contribution < -0.4 is 6.15 Å². The fourth-order valence-corrected chi connectivity index (χ4v) is 0.250. The zero-order chi connectivity index (χ0) is 8.41. The first-order valence-electron chi connectivity index (χ1n) is 3.34. The summed E-state index contributed by atoms with van der Waals surface area (Å²) in [6.07, 6.45) is 2.64. The second-order valence-electron chi connectivity index (χ2n) is 1.66. The maximum Gasteiger partial charge on any atom is 0.766 e. The van der Waals surface area contributed by atoms with E-state index < -0.39 is 9.17 Å². The Morgan fingerprint density at radius 3 is 1.36 bits per heavy atom. The Balaban J connectivity index is -0.000000114. The summed E-state index contributed by atoms with van der Waals surface area (Å²) in [5.74, 6) is 0. The molecule has 0 saturated carbocycles. The molecule has 0 aliphatic carbocycles. The van der Waals surface area contributed by atoms with E-state index in [-0.39, 0.29) is 6.15 Å². The van der Waals surface area contributed by atoms with Gasteiger partial charge in [-0.1, -0.05) is 26.7 Å². The standard InChI is InChI=1S/C4H10.C2H6O3Si.H3N/c1-3-4-2;1-4-6(3)5-2;/h3-4H2,1-2H3;1-2H3;1H3. The van der Waals surface area contributed by atoms with Crippen LogP contribution >= 0.6 is 0 Å². The first-order chi connectivity index (χ1) is 4.72. The van der Waals surface area contributed by atoms with Gasteiger partial charge < -0.3 is 15.0 Å². The summed E-state index contributed by atoms with van der Waals surface area (Å²) < 4.78 is 18.4. The van der Waals surface area contributed by atoms with Gasteiger partial charge in [0.2, 0.25) is 0 Å². The average Bonchev–Trinajstić information content (AvgIpc) is 2.03. The number of rotatable bonds is 3. The van der Waals surface area contributed by atoms with Gasteiger partial charge in [0.15, 0.2) is 0 Å². The molecule has 0 radical (unpaired) electrons. The van der Waals surface area contributed by atoms with E-state index in [1.54, 1.807) is 0 Å². The Bertz CT molecular complexity index is 72.2. The van der Waals surface area contributed by atoms with Crippen LogP contribution in [0.2, 0.25) is 0 Å². The zero-order valence-electron chi connectivity index (χ0n) is 7.85. The SMILES string of the molecule is CCCC.CO[Si](=O)OC.N. The van der Waals surface area contributed by atoms with Gasteiger partial charge in [-0.15, -0.1) is 0 Å². The second kappa shape index (κ2) is 16.3. The molecule has 0 aliphatic heterocycles. The predicted molar refractivity (Wildman–Crippen MR) is 46.1 cm³/mol. The summed E-state index contributed by atoms with van der Waals surface area (Å²) in [6.45, 7) is 4.36. The van der Waals surface area contributed by atoms with Gasteiger partial charge in [0.05, 0.1) is 14.2 Å². The summed E-state index contributed by atoms with van der Waals surface area (Å²) in [5, 5.41) is 0. The van der Waals surface area contributed by atoms with Gasteiger partial charge >= 0.3 is 9.17 Å². The summed E-state index contributed by atoms with van der Waals surface area (Å²) in [4.78, 5) is 0. The molecule has 0 aromatic heterocycles. The molecule has 0 atom stereocenters. The molecule has 0 fully saturated rings.